The molecule has 130 valence electrons. The van der Waals surface area contributed by atoms with Gasteiger partial charge in [0.05, 0.1) is 5.69 Å². The third-order valence-corrected chi connectivity index (χ3v) is 3.71. The highest BCUT2D eigenvalue weighted by Gasteiger charge is 2.11. The molecule has 0 aliphatic rings. The Morgan fingerprint density at radius 2 is 2.12 bits per heavy atom. The van der Waals surface area contributed by atoms with E-state index in [2.05, 4.69) is 29.4 Å². The number of amides is 1. The summed E-state index contributed by atoms with van der Waals surface area (Å²) in [4.78, 5) is 13.9. The Morgan fingerprint density at radius 3 is 2.83 bits per heavy atom. The van der Waals surface area contributed by atoms with Gasteiger partial charge in [-0.25, -0.2) is 4.39 Å². The summed E-state index contributed by atoms with van der Waals surface area (Å²) in [5, 5.41) is 9.78. The average Bonchev–Trinajstić information content (AvgIpc) is 2.99. The van der Waals surface area contributed by atoms with Gasteiger partial charge in [0.2, 0.25) is 0 Å². The van der Waals surface area contributed by atoms with Crippen LogP contribution in [-0.2, 0) is 6.42 Å². The van der Waals surface area contributed by atoms with Crippen LogP contribution in [0.5, 0.6) is 0 Å². The molecule has 0 fully saturated rings. The maximum Gasteiger partial charge on any atom is 0.271 e. The van der Waals surface area contributed by atoms with Crippen LogP contribution in [0.2, 0.25) is 0 Å². The van der Waals surface area contributed by atoms with Crippen molar-refractivity contribution in [2.24, 2.45) is 5.92 Å². The zero-order valence-corrected chi connectivity index (χ0v) is 14.5. The van der Waals surface area contributed by atoms with Gasteiger partial charge in [0.25, 0.3) is 5.91 Å². The molecule has 0 aliphatic carbocycles. The number of benzene rings is 1. The fraction of sp³-hybridized carbons (Fsp3) is 0.444. The van der Waals surface area contributed by atoms with Gasteiger partial charge in [-0.3, -0.25) is 9.89 Å². The Hall–Kier alpha value is -2.37. The van der Waals surface area contributed by atoms with Gasteiger partial charge >= 0.3 is 0 Å². The molecule has 2 aromatic rings. The monoisotopic (exact) mass is 332 g/mol. The average molecular weight is 332 g/mol. The molecule has 1 amide bonds. The van der Waals surface area contributed by atoms with E-state index in [1.54, 1.807) is 18.2 Å². The van der Waals surface area contributed by atoms with Crippen LogP contribution in [0.1, 0.15) is 36.5 Å². The van der Waals surface area contributed by atoms with E-state index in [9.17, 15) is 9.18 Å². The highest BCUT2D eigenvalue weighted by molar-refractivity contribution is 5.92. The van der Waals surface area contributed by atoms with Crippen LogP contribution in [-0.4, -0.2) is 36.2 Å². The molecule has 2 N–H and O–H groups in total. The molecule has 6 heteroatoms. The molecule has 1 aromatic carbocycles. The third kappa shape index (κ3) is 5.08. The second kappa shape index (κ2) is 8.47. The quantitative estimate of drug-likeness (QED) is 0.731. The van der Waals surface area contributed by atoms with E-state index in [-0.39, 0.29) is 11.7 Å². The zero-order chi connectivity index (χ0) is 17.5. The summed E-state index contributed by atoms with van der Waals surface area (Å²) >= 11 is 0. The molecule has 0 saturated carbocycles. The van der Waals surface area contributed by atoms with E-state index < -0.39 is 0 Å². The Labute approximate surface area is 142 Å². The molecule has 0 radical (unpaired) electrons. The molecule has 1 heterocycles. The molecule has 0 spiro atoms. The number of carbonyl (C=O) groups is 1. The number of aromatic amines is 1. The molecular formula is C18H25FN4O. The van der Waals surface area contributed by atoms with Crippen molar-refractivity contribution >= 4 is 11.6 Å². The number of anilines is 1. The Balaban J connectivity index is 1.75. The second-order valence-electron chi connectivity index (χ2n) is 6.36. The molecule has 0 saturated heterocycles. The normalized spacial score (nSPS) is 10.9. The van der Waals surface area contributed by atoms with Crippen molar-refractivity contribution in [3.05, 3.63) is 47.5 Å². The Kier molecular flexibility index (Phi) is 6.35. The van der Waals surface area contributed by atoms with Crippen LogP contribution >= 0.6 is 0 Å². The summed E-state index contributed by atoms with van der Waals surface area (Å²) in [5.74, 6) is 0.0864. The van der Waals surface area contributed by atoms with Crippen molar-refractivity contribution in [2.45, 2.75) is 26.7 Å². The van der Waals surface area contributed by atoms with Gasteiger partial charge in [-0.2, -0.15) is 5.10 Å². The minimum absolute atomic E-state index is 0.185. The summed E-state index contributed by atoms with van der Waals surface area (Å²) in [6.07, 6.45) is 1.59. The lowest BCUT2D eigenvalue weighted by Gasteiger charge is -2.19. The summed E-state index contributed by atoms with van der Waals surface area (Å²) in [5.41, 5.74) is 1.94. The Bertz CT molecular complexity index is 669. The molecular weight excluding hydrogens is 307 g/mol. The van der Waals surface area contributed by atoms with Gasteiger partial charge in [-0.1, -0.05) is 26.0 Å². The molecule has 0 bridgehead atoms. The van der Waals surface area contributed by atoms with Gasteiger partial charge in [-0.15, -0.1) is 0 Å². The van der Waals surface area contributed by atoms with Crippen molar-refractivity contribution in [1.82, 2.24) is 15.5 Å². The maximum atomic E-state index is 13.7. The number of nitrogens with one attached hydrogen (secondary N) is 2. The summed E-state index contributed by atoms with van der Waals surface area (Å²) < 4.78 is 13.7. The topological polar surface area (TPSA) is 61.0 Å². The molecule has 1 aromatic heterocycles. The van der Waals surface area contributed by atoms with E-state index in [0.717, 1.165) is 18.5 Å². The number of hydrogen-bond acceptors (Lipinski definition) is 3. The number of aromatic nitrogens is 2. The number of para-hydroxylation sites is 1. The fourth-order valence-corrected chi connectivity index (χ4v) is 2.51. The van der Waals surface area contributed by atoms with Crippen LogP contribution < -0.4 is 10.2 Å². The molecule has 24 heavy (non-hydrogen) atoms. The SMILES string of the molecule is CC(C)Cc1cc(C(=O)NCCCN(C)c2ccccc2F)n[nH]1. The first-order valence-corrected chi connectivity index (χ1v) is 8.25. The first kappa shape index (κ1) is 18.0. The van der Waals surface area contributed by atoms with Crippen LogP contribution in [0, 0.1) is 11.7 Å². The predicted octanol–water partition coefficient (Wildman–Crippen LogP) is 3.00. The van der Waals surface area contributed by atoms with Crippen LogP contribution in [0.4, 0.5) is 10.1 Å². The Morgan fingerprint density at radius 1 is 1.38 bits per heavy atom. The van der Waals surface area contributed by atoms with Crippen LogP contribution in [0.15, 0.2) is 30.3 Å². The van der Waals surface area contributed by atoms with E-state index in [1.807, 2.05) is 18.0 Å². The molecule has 0 atom stereocenters. The van der Waals surface area contributed by atoms with Crippen molar-refractivity contribution in [3.63, 3.8) is 0 Å². The minimum atomic E-state index is -0.238. The minimum Gasteiger partial charge on any atom is -0.372 e. The number of carbonyl (C=O) groups excluding carboxylic acids is 1. The van der Waals surface area contributed by atoms with Gasteiger partial charge < -0.3 is 10.2 Å². The number of hydrogen-bond donors (Lipinski definition) is 2. The number of H-pyrrole nitrogens is 1. The zero-order valence-electron chi connectivity index (χ0n) is 14.5. The highest BCUT2D eigenvalue weighted by Crippen LogP contribution is 2.16. The predicted molar refractivity (Wildman–Crippen MR) is 93.7 cm³/mol. The molecule has 0 aliphatic heterocycles. The fourth-order valence-electron chi connectivity index (χ4n) is 2.51. The number of nitrogens with zero attached hydrogens (tertiary/aromatic N) is 2. The first-order chi connectivity index (χ1) is 11.5. The lowest BCUT2D eigenvalue weighted by Crippen LogP contribution is -2.28. The van der Waals surface area contributed by atoms with Crippen LogP contribution in [0.3, 0.4) is 0 Å². The van der Waals surface area contributed by atoms with Gasteiger partial charge in [0.1, 0.15) is 11.5 Å². The maximum absolute atomic E-state index is 13.7. The van der Waals surface area contributed by atoms with Crippen molar-refractivity contribution < 1.29 is 9.18 Å². The smallest absolute Gasteiger partial charge is 0.271 e. The lowest BCUT2D eigenvalue weighted by atomic mass is 10.1. The summed E-state index contributed by atoms with van der Waals surface area (Å²) in [6, 6.07) is 8.46. The number of rotatable bonds is 8. The van der Waals surface area contributed by atoms with Gasteiger partial charge in [0, 0.05) is 25.8 Å². The van der Waals surface area contributed by atoms with Crippen LogP contribution in [0.25, 0.3) is 0 Å². The van der Waals surface area contributed by atoms with Gasteiger partial charge in [0.15, 0.2) is 0 Å². The first-order valence-electron chi connectivity index (χ1n) is 8.25. The molecule has 0 unspecified atom stereocenters. The standard InChI is InChI=1S/C18H25FN4O/c1-13(2)11-14-12-16(22-21-14)18(24)20-9-6-10-23(3)17-8-5-4-7-15(17)19/h4-5,7-8,12-13H,6,9-11H2,1-3H3,(H,20,24)(H,21,22). The van der Waals surface area contributed by atoms with E-state index >= 15 is 0 Å². The van der Waals surface area contributed by atoms with E-state index in [4.69, 9.17) is 0 Å². The van der Waals surface area contributed by atoms with E-state index in [0.29, 0.717) is 30.4 Å². The summed E-state index contributed by atoms with van der Waals surface area (Å²) in [6.45, 7) is 5.41. The van der Waals surface area contributed by atoms with Crippen molar-refractivity contribution in [2.75, 3.05) is 25.0 Å². The third-order valence-electron chi connectivity index (χ3n) is 3.71. The number of halogens is 1. The lowest BCUT2D eigenvalue weighted by molar-refractivity contribution is 0.0948. The molecule has 2 rings (SSSR count). The van der Waals surface area contributed by atoms with Crippen molar-refractivity contribution in [3.8, 4) is 0 Å². The largest absolute Gasteiger partial charge is 0.372 e. The molecule has 5 nitrogen and oxygen atoms in total. The van der Waals surface area contributed by atoms with Crippen molar-refractivity contribution in [1.29, 1.82) is 0 Å². The second-order valence-corrected chi connectivity index (χ2v) is 6.36. The van der Waals surface area contributed by atoms with Gasteiger partial charge in [-0.05, 0) is 37.0 Å². The highest BCUT2D eigenvalue weighted by atomic mass is 19.1. The summed E-state index contributed by atoms with van der Waals surface area (Å²) in [7, 11) is 1.84. The van der Waals surface area contributed by atoms with E-state index in [1.165, 1.54) is 6.07 Å².